The number of esters is 3. The standard InChI is InChI=1S/C33H43N6O11P/c1-19(44-8)15-45-31(42)20(2)38-51(43,50-24-11-9-23(10-12-24)32(5,6)7)46-16-26-28(47-21(3)40)29(48-22(4)41)33(17-34,49-26)27-14-13-25-30(35)36-18-37-39(25)27/h9-14,18-20,26,28-29H,15-16H2,1-8H3,(H,38,43)(H2,35,36,37)/t19?,20-,26+,28+,29+,33-,51?/m0/s1. The Balaban J connectivity index is 1.71. The first kappa shape index (κ1) is 39.2. The normalized spacial score (nSPS) is 22.7. The van der Waals surface area contributed by atoms with Crippen molar-refractivity contribution in [2.45, 2.75) is 89.9 Å². The van der Waals surface area contributed by atoms with Crippen LogP contribution in [0, 0.1) is 11.3 Å². The van der Waals surface area contributed by atoms with Gasteiger partial charge in [0, 0.05) is 21.0 Å². The van der Waals surface area contributed by atoms with Crippen molar-refractivity contribution in [2.24, 2.45) is 0 Å². The van der Waals surface area contributed by atoms with Crippen LogP contribution in [-0.4, -0.2) is 83.3 Å². The zero-order chi connectivity index (χ0) is 37.7. The topological polar surface area (TPSA) is 225 Å². The number of carbonyl (C=O) groups is 3. The van der Waals surface area contributed by atoms with E-state index in [0.29, 0.717) is 5.52 Å². The maximum Gasteiger partial charge on any atom is 0.459 e. The highest BCUT2D eigenvalue weighted by Gasteiger charge is 2.62. The lowest BCUT2D eigenvalue weighted by Gasteiger charge is -2.28. The third-order valence-corrected chi connectivity index (χ3v) is 9.59. The number of hydrogen-bond donors (Lipinski definition) is 2. The molecule has 17 nitrogen and oxygen atoms in total. The van der Waals surface area contributed by atoms with Crippen LogP contribution in [0.2, 0.25) is 0 Å². The van der Waals surface area contributed by atoms with Crippen molar-refractivity contribution < 1.29 is 51.7 Å². The number of ether oxygens (including phenoxy) is 5. The summed E-state index contributed by atoms with van der Waals surface area (Å²) in [4.78, 5) is 41.6. The fourth-order valence-corrected chi connectivity index (χ4v) is 6.77. The first-order chi connectivity index (χ1) is 23.9. The van der Waals surface area contributed by atoms with E-state index in [4.69, 9.17) is 38.5 Å². The summed E-state index contributed by atoms with van der Waals surface area (Å²) in [5, 5.41) is 17.4. The van der Waals surface area contributed by atoms with Crippen LogP contribution >= 0.6 is 7.75 Å². The number of carbonyl (C=O) groups excluding carboxylic acids is 3. The Hall–Kier alpha value is -4.59. The van der Waals surface area contributed by atoms with Gasteiger partial charge in [-0.25, -0.2) is 14.1 Å². The second-order valence-electron chi connectivity index (χ2n) is 13.0. The van der Waals surface area contributed by atoms with E-state index in [1.165, 1.54) is 30.7 Å². The van der Waals surface area contributed by atoms with Gasteiger partial charge in [0.15, 0.2) is 18.0 Å². The van der Waals surface area contributed by atoms with Crippen molar-refractivity contribution in [3.05, 3.63) is 54.0 Å². The third-order valence-electron chi connectivity index (χ3n) is 7.95. The Morgan fingerprint density at radius 2 is 1.78 bits per heavy atom. The monoisotopic (exact) mass is 730 g/mol. The summed E-state index contributed by atoms with van der Waals surface area (Å²) in [6, 6.07) is 10.6. The number of nitriles is 1. The van der Waals surface area contributed by atoms with Crippen LogP contribution in [0.4, 0.5) is 5.82 Å². The Labute approximate surface area is 295 Å². The fourth-order valence-electron chi connectivity index (χ4n) is 5.27. The van der Waals surface area contributed by atoms with Crippen LogP contribution in [0.3, 0.4) is 0 Å². The number of nitrogens with one attached hydrogen (secondary N) is 1. The summed E-state index contributed by atoms with van der Waals surface area (Å²) in [7, 11) is -3.05. The van der Waals surface area contributed by atoms with Crippen molar-refractivity contribution >= 4 is 37.0 Å². The minimum absolute atomic E-state index is 0.0677. The van der Waals surface area contributed by atoms with Crippen LogP contribution in [0.15, 0.2) is 42.7 Å². The Bertz CT molecular complexity index is 1820. The molecule has 276 valence electrons. The average Bonchev–Trinajstić information content (AvgIpc) is 3.62. The van der Waals surface area contributed by atoms with Crippen molar-refractivity contribution in [1.29, 1.82) is 5.26 Å². The zero-order valence-corrected chi connectivity index (χ0v) is 30.5. The summed E-state index contributed by atoms with van der Waals surface area (Å²) in [5.74, 6) is -2.17. The smallest absolute Gasteiger partial charge is 0.459 e. The van der Waals surface area contributed by atoms with Crippen molar-refractivity contribution in [3.63, 3.8) is 0 Å². The number of nitrogens with two attached hydrogens (primary N) is 1. The zero-order valence-electron chi connectivity index (χ0n) is 29.6. The van der Waals surface area contributed by atoms with Gasteiger partial charge in [0.2, 0.25) is 5.60 Å². The number of benzene rings is 1. The SMILES string of the molecule is COC(C)COC(=O)[C@H](C)NP(=O)(OC[C@H]1O[C@@](C#N)(c2ccc3c(N)ncnn23)[C@H](OC(C)=O)[C@@H]1OC(C)=O)Oc1ccc(C(C)(C)C)cc1. The molecule has 0 amide bonds. The van der Waals surface area contributed by atoms with Gasteiger partial charge in [-0.2, -0.15) is 15.4 Å². The van der Waals surface area contributed by atoms with Gasteiger partial charge >= 0.3 is 25.7 Å². The number of aromatic nitrogens is 3. The second kappa shape index (κ2) is 15.7. The highest BCUT2D eigenvalue weighted by atomic mass is 31.2. The van der Waals surface area contributed by atoms with Gasteiger partial charge in [0.25, 0.3) is 0 Å². The number of hydrogen-bond acceptors (Lipinski definition) is 15. The summed E-state index contributed by atoms with van der Waals surface area (Å²) >= 11 is 0. The Morgan fingerprint density at radius 1 is 1.12 bits per heavy atom. The molecule has 0 radical (unpaired) electrons. The molecule has 0 bridgehead atoms. The summed E-state index contributed by atoms with van der Waals surface area (Å²) in [5.41, 5.74) is 5.04. The first-order valence-corrected chi connectivity index (χ1v) is 17.5. The van der Waals surface area contributed by atoms with Gasteiger partial charge in [-0.3, -0.25) is 18.9 Å². The van der Waals surface area contributed by atoms with Crippen LogP contribution in [0.25, 0.3) is 5.52 Å². The predicted molar refractivity (Wildman–Crippen MR) is 180 cm³/mol. The van der Waals surface area contributed by atoms with E-state index in [0.717, 1.165) is 25.7 Å². The highest BCUT2D eigenvalue weighted by Crippen LogP contribution is 2.48. The van der Waals surface area contributed by atoms with Crippen LogP contribution in [-0.2, 0) is 58.2 Å². The van der Waals surface area contributed by atoms with Gasteiger partial charge in [0.1, 0.15) is 42.4 Å². The number of anilines is 1. The van der Waals surface area contributed by atoms with E-state index < -0.39 is 68.3 Å². The minimum atomic E-state index is -4.51. The van der Waals surface area contributed by atoms with Gasteiger partial charge in [-0.1, -0.05) is 32.9 Å². The van der Waals surface area contributed by atoms with Gasteiger partial charge in [-0.15, -0.1) is 0 Å². The molecule has 0 spiro atoms. The molecule has 18 heteroatoms. The van der Waals surface area contributed by atoms with Crippen molar-refractivity contribution in [1.82, 2.24) is 19.7 Å². The van der Waals surface area contributed by atoms with Gasteiger partial charge < -0.3 is 33.9 Å². The lowest BCUT2D eigenvalue weighted by Crippen LogP contribution is -2.45. The molecule has 3 heterocycles. The molecule has 1 aromatic carbocycles. The predicted octanol–water partition coefficient (Wildman–Crippen LogP) is 3.35. The summed E-state index contributed by atoms with van der Waals surface area (Å²) < 4.78 is 55.3. The number of nitrogens with zero attached hydrogens (tertiary/aromatic N) is 4. The van der Waals surface area contributed by atoms with E-state index in [1.807, 2.05) is 20.8 Å². The maximum absolute atomic E-state index is 14.5. The number of rotatable bonds is 14. The summed E-state index contributed by atoms with van der Waals surface area (Å²) in [6.07, 6.45) is -3.67. The first-order valence-electron chi connectivity index (χ1n) is 16.0. The molecule has 1 aliphatic heterocycles. The van der Waals surface area contributed by atoms with Gasteiger partial charge in [-0.05, 0) is 49.1 Å². The Morgan fingerprint density at radius 3 is 2.37 bits per heavy atom. The minimum Gasteiger partial charge on any atom is -0.462 e. The maximum atomic E-state index is 14.5. The van der Waals surface area contributed by atoms with E-state index in [1.54, 1.807) is 31.2 Å². The molecule has 2 unspecified atom stereocenters. The molecule has 3 N–H and O–H groups in total. The average molecular weight is 731 g/mol. The molecule has 1 fully saturated rings. The molecule has 4 rings (SSSR count). The van der Waals surface area contributed by atoms with E-state index in [-0.39, 0.29) is 29.3 Å². The van der Waals surface area contributed by atoms with E-state index in [2.05, 4.69) is 21.2 Å². The molecule has 1 aliphatic rings. The van der Waals surface area contributed by atoms with Gasteiger partial charge in [0.05, 0.1) is 18.4 Å². The van der Waals surface area contributed by atoms with Crippen LogP contribution in [0.5, 0.6) is 5.75 Å². The lowest BCUT2D eigenvalue weighted by molar-refractivity contribution is -0.166. The Kier molecular flexibility index (Phi) is 12.1. The third kappa shape index (κ3) is 9.02. The number of nitrogen functional groups attached to an aromatic ring is 1. The summed E-state index contributed by atoms with van der Waals surface area (Å²) in [6.45, 7) is 10.7. The van der Waals surface area contributed by atoms with Crippen LogP contribution < -0.4 is 15.3 Å². The molecular weight excluding hydrogens is 687 g/mol. The van der Waals surface area contributed by atoms with E-state index >= 15 is 0 Å². The highest BCUT2D eigenvalue weighted by molar-refractivity contribution is 7.52. The fraction of sp³-hybridized carbons (Fsp3) is 0.515. The molecule has 2 aromatic heterocycles. The van der Waals surface area contributed by atoms with Crippen molar-refractivity contribution in [2.75, 3.05) is 26.1 Å². The lowest BCUT2D eigenvalue weighted by atomic mass is 9.87. The molecule has 1 saturated heterocycles. The largest absolute Gasteiger partial charge is 0.462 e. The quantitative estimate of drug-likeness (QED) is 0.138. The molecule has 7 atom stereocenters. The van der Waals surface area contributed by atoms with Crippen LogP contribution in [0.1, 0.15) is 59.7 Å². The van der Waals surface area contributed by atoms with E-state index in [9.17, 15) is 24.2 Å². The molecular formula is C33H43N6O11P. The molecule has 51 heavy (non-hydrogen) atoms. The molecule has 0 aliphatic carbocycles. The second-order valence-corrected chi connectivity index (χ2v) is 14.6. The number of methoxy groups -OCH3 is 1. The number of fused-ring (bicyclic) bond motifs is 1. The van der Waals surface area contributed by atoms with Crippen molar-refractivity contribution in [3.8, 4) is 11.8 Å². The molecule has 3 aromatic rings. The molecule has 0 saturated carbocycles.